The molecule has 2 rings (SSSR count). The molecule has 0 N–H and O–H groups in total. The minimum absolute atomic E-state index is 0.00860. The van der Waals surface area contributed by atoms with Crippen molar-refractivity contribution in [2.24, 2.45) is 0 Å². The molecule has 0 aromatic rings. The summed E-state index contributed by atoms with van der Waals surface area (Å²) in [5.74, 6) is 1.41. The average molecular weight is 236 g/mol. The Kier molecular flexibility index (Phi) is 3.73. The molecule has 2 aliphatic heterocycles. The Bertz CT molecular complexity index is 232. The Morgan fingerprint density at radius 1 is 1.00 bits per heavy atom. The molecular weight excluding hydrogens is 220 g/mol. The lowest BCUT2D eigenvalue weighted by atomic mass is 10.1. The molecule has 3 nitrogen and oxygen atoms in total. The zero-order chi connectivity index (χ0) is 9.97. The predicted octanol–water partition coefficient (Wildman–Crippen LogP) is 0.783. The van der Waals surface area contributed by atoms with Crippen LogP contribution in [0.15, 0.2) is 0 Å². The van der Waals surface area contributed by atoms with Gasteiger partial charge in [-0.1, -0.05) is 0 Å². The molecule has 0 aromatic carbocycles. The van der Waals surface area contributed by atoms with E-state index in [9.17, 15) is 8.42 Å². The smallest absolute Gasteiger partial charge is 0.136 e. The highest BCUT2D eigenvalue weighted by Gasteiger charge is 2.36. The van der Waals surface area contributed by atoms with Crippen LogP contribution in [-0.2, 0) is 26.3 Å². The van der Waals surface area contributed by atoms with Crippen LogP contribution in [-0.4, -0.2) is 37.2 Å². The number of rotatable bonds is 1. The molecule has 14 heavy (non-hydrogen) atoms. The van der Waals surface area contributed by atoms with Crippen molar-refractivity contribution in [2.75, 3.05) is 18.1 Å². The van der Waals surface area contributed by atoms with E-state index in [-0.39, 0.29) is 10.7 Å². The predicted molar refractivity (Wildman–Crippen MR) is 58.0 cm³/mol. The second-order valence-electron chi connectivity index (χ2n) is 3.80. The summed E-state index contributed by atoms with van der Waals surface area (Å²) in [6.45, 7) is 0.746. The molecule has 0 aliphatic carbocycles. The van der Waals surface area contributed by atoms with Crippen LogP contribution in [0.2, 0.25) is 0 Å². The first-order chi connectivity index (χ1) is 6.79. The van der Waals surface area contributed by atoms with Gasteiger partial charge in [0, 0.05) is 39.7 Å². The number of hydrogen-bond acceptors (Lipinski definition) is 3. The molecule has 2 aliphatic rings. The third-order valence-electron chi connectivity index (χ3n) is 2.73. The molecule has 2 unspecified atom stereocenters. The van der Waals surface area contributed by atoms with E-state index in [2.05, 4.69) is 0 Å². The van der Waals surface area contributed by atoms with Crippen molar-refractivity contribution in [2.45, 2.75) is 36.4 Å². The highest BCUT2D eigenvalue weighted by Crippen LogP contribution is 2.24. The summed E-state index contributed by atoms with van der Waals surface area (Å²) < 4.78 is 28.9. The Morgan fingerprint density at radius 2 is 1.71 bits per heavy atom. The first-order valence-corrected chi connectivity index (χ1v) is 7.91. The summed E-state index contributed by atoms with van der Waals surface area (Å²) in [6, 6.07) is 0. The van der Waals surface area contributed by atoms with Gasteiger partial charge >= 0.3 is 0 Å². The Morgan fingerprint density at radius 3 is 2.29 bits per heavy atom. The lowest BCUT2D eigenvalue weighted by Gasteiger charge is -2.31. The lowest BCUT2D eigenvalue weighted by molar-refractivity contribution is 0.0256. The van der Waals surface area contributed by atoms with Gasteiger partial charge in [0.05, 0.1) is 6.10 Å². The summed E-state index contributed by atoms with van der Waals surface area (Å²) >= 11 is 0. The molecule has 2 heterocycles. The molecule has 0 saturated carbocycles. The molecule has 0 bridgehead atoms. The molecule has 3 atom stereocenters. The second-order valence-corrected chi connectivity index (χ2v) is 7.45. The van der Waals surface area contributed by atoms with Gasteiger partial charge in [-0.15, -0.1) is 0 Å². The van der Waals surface area contributed by atoms with Crippen LogP contribution in [0.1, 0.15) is 25.7 Å². The molecule has 0 radical (unpaired) electrons. The fourth-order valence-corrected chi connectivity index (χ4v) is 6.16. The van der Waals surface area contributed by atoms with Crippen LogP contribution in [0, 0.1) is 0 Å². The monoisotopic (exact) mass is 236 g/mol. The fourth-order valence-electron chi connectivity index (χ4n) is 2.01. The standard InChI is InChI=1S/C9H16O3S2/c10-13-6-3-7-14(11)9(13)8-4-1-2-5-12-8/h8-9H,1-7H2/t8-,9?,13?,14?/m1/s1. The largest absolute Gasteiger partial charge is 0.376 e. The minimum atomic E-state index is -0.931. The zero-order valence-electron chi connectivity index (χ0n) is 8.15. The van der Waals surface area contributed by atoms with Gasteiger partial charge in [0.15, 0.2) is 0 Å². The quantitative estimate of drug-likeness (QED) is 0.676. The molecule has 82 valence electrons. The van der Waals surface area contributed by atoms with Crippen molar-refractivity contribution in [1.82, 2.24) is 0 Å². The Hall–Kier alpha value is 0.260. The van der Waals surface area contributed by atoms with E-state index >= 15 is 0 Å². The van der Waals surface area contributed by atoms with Gasteiger partial charge in [-0.3, -0.25) is 8.42 Å². The van der Waals surface area contributed by atoms with E-state index in [1.807, 2.05) is 0 Å². The van der Waals surface area contributed by atoms with Crippen molar-refractivity contribution < 1.29 is 13.2 Å². The van der Waals surface area contributed by atoms with Crippen molar-refractivity contribution >= 4 is 21.6 Å². The molecule has 2 saturated heterocycles. The third-order valence-corrected chi connectivity index (χ3v) is 7.04. The second kappa shape index (κ2) is 4.86. The van der Waals surface area contributed by atoms with Crippen molar-refractivity contribution in [1.29, 1.82) is 0 Å². The zero-order valence-corrected chi connectivity index (χ0v) is 9.78. The molecule has 0 amide bonds. The van der Waals surface area contributed by atoms with Gasteiger partial charge in [-0.05, 0) is 25.7 Å². The van der Waals surface area contributed by atoms with Crippen LogP contribution < -0.4 is 0 Å². The van der Waals surface area contributed by atoms with E-state index in [1.54, 1.807) is 0 Å². The van der Waals surface area contributed by atoms with Gasteiger partial charge in [-0.2, -0.15) is 0 Å². The van der Waals surface area contributed by atoms with Gasteiger partial charge in [0.1, 0.15) is 4.58 Å². The third kappa shape index (κ3) is 2.25. The van der Waals surface area contributed by atoms with Gasteiger partial charge in [0.25, 0.3) is 0 Å². The van der Waals surface area contributed by atoms with Crippen molar-refractivity contribution in [3.63, 3.8) is 0 Å². The average Bonchev–Trinajstić information content (AvgIpc) is 2.19. The topological polar surface area (TPSA) is 43.4 Å². The van der Waals surface area contributed by atoms with E-state index in [0.29, 0.717) is 11.5 Å². The minimum Gasteiger partial charge on any atom is -0.376 e. The normalized spacial score (nSPS) is 44.9. The maximum absolute atomic E-state index is 11.7. The van der Waals surface area contributed by atoms with E-state index in [4.69, 9.17) is 4.74 Å². The summed E-state index contributed by atoms with van der Waals surface area (Å²) in [4.78, 5) is 0. The number of ether oxygens (including phenoxy) is 1. The van der Waals surface area contributed by atoms with Crippen LogP contribution in [0.5, 0.6) is 0 Å². The first-order valence-electron chi connectivity index (χ1n) is 5.15. The van der Waals surface area contributed by atoms with Gasteiger partial charge in [0.2, 0.25) is 0 Å². The molecule has 2 fully saturated rings. The SMILES string of the molecule is O=S1CCCS(=O)C1[C@H]1CCCCO1. The fraction of sp³-hybridized carbons (Fsp3) is 1.00. The molecule has 0 aromatic heterocycles. The summed E-state index contributed by atoms with van der Waals surface area (Å²) in [5, 5.41) is 0. The van der Waals surface area contributed by atoms with E-state index < -0.39 is 21.6 Å². The lowest BCUT2D eigenvalue weighted by Crippen LogP contribution is -2.43. The maximum Gasteiger partial charge on any atom is 0.136 e. The Balaban J connectivity index is 2.05. The molecular formula is C9H16O3S2. The summed E-state index contributed by atoms with van der Waals surface area (Å²) in [6.07, 6.45) is 3.97. The number of hydrogen-bond donors (Lipinski definition) is 0. The van der Waals surface area contributed by atoms with Crippen LogP contribution in [0.3, 0.4) is 0 Å². The molecule has 0 spiro atoms. The van der Waals surface area contributed by atoms with Crippen LogP contribution in [0.4, 0.5) is 0 Å². The van der Waals surface area contributed by atoms with Crippen LogP contribution >= 0.6 is 0 Å². The Labute approximate surface area is 89.5 Å². The highest BCUT2D eigenvalue weighted by atomic mass is 32.2. The van der Waals surface area contributed by atoms with Crippen molar-refractivity contribution in [3.8, 4) is 0 Å². The van der Waals surface area contributed by atoms with E-state index in [0.717, 1.165) is 32.3 Å². The van der Waals surface area contributed by atoms with Gasteiger partial charge < -0.3 is 4.74 Å². The van der Waals surface area contributed by atoms with Crippen molar-refractivity contribution in [3.05, 3.63) is 0 Å². The molecule has 5 heteroatoms. The first kappa shape index (κ1) is 10.8. The summed E-state index contributed by atoms with van der Waals surface area (Å²) in [7, 11) is -1.86. The van der Waals surface area contributed by atoms with Crippen LogP contribution in [0.25, 0.3) is 0 Å². The highest BCUT2D eigenvalue weighted by molar-refractivity contribution is 8.03. The summed E-state index contributed by atoms with van der Waals surface area (Å²) in [5.41, 5.74) is 0. The maximum atomic E-state index is 11.7. The van der Waals surface area contributed by atoms with E-state index in [1.165, 1.54) is 0 Å². The van der Waals surface area contributed by atoms with Gasteiger partial charge in [-0.25, -0.2) is 0 Å².